The van der Waals surface area contributed by atoms with Crippen LogP contribution in [0.1, 0.15) is 6.92 Å². The monoisotopic (exact) mass is 400 g/mol. The zero-order valence-corrected chi connectivity index (χ0v) is 16.3. The molecule has 0 saturated carbocycles. The minimum absolute atomic E-state index is 0.237. The molecule has 0 aliphatic carbocycles. The lowest BCUT2D eigenvalue weighted by Crippen LogP contribution is -2.30. The average molecular weight is 400 g/mol. The van der Waals surface area contributed by atoms with Gasteiger partial charge in [0.05, 0.1) is 0 Å². The maximum absolute atomic E-state index is 12.3. The number of hydrogen-bond donors (Lipinski definition) is 1. The van der Waals surface area contributed by atoms with Crippen molar-refractivity contribution in [2.45, 2.75) is 13.0 Å². The summed E-state index contributed by atoms with van der Waals surface area (Å²) in [7, 11) is 0. The van der Waals surface area contributed by atoms with Crippen LogP contribution in [0, 0.1) is 0 Å². The van der Waals surface area contributed by atoms with Gasteiger partial charge in [0.25, 0.3) is 5.91 Å². The second-order valence-corrected chi connectivity index (χ2v) is 6.51. The predicted molar refractivity (Wildman–Crippen MR) is 113 cm³/mol. The van der Waals surface area contributed by atoms with Crippen LogP contribution in [0.5, 0.6) is 17.4 Å². The first-order valence-electron chi connectivity index (χ1n) is 9.45. The molecule has 0 bridgehead atoms. The highest BCUT2D eigenvalue weighted by Gasteiger charge is 2.14. The molecule has 150 valence electrons. The molecular formula is C23H20N4O3. The number of nitrogens with one attached hydrogen (secondary N) is 1. The fraction of sp³-hybridized carbons (Fsp3) is 0.0870. The highest BCUT2D eigenvalue weighted by molar-refractivity contribution is 5.94. The molecule has 0 radical (unpaired) electrons. The van der Waals surface area contributed by atoms with Gasteiger partial charge in [0, 0.05) is 24.1 Å². The molecule has 2 aromatic carbocycles. The molecule has 7 heteroatoms. The molecule has 2 aromatic heterocycles. The largest absolute Gasteiger partial charge is 0.481 e. The zero-order chi connectivity index (χ0) is 20.8. The molecule has 2 heterocycles. The summed E-state index contributed by atoms with van der Waals surface area (Å²) in [6.07, 6.45) is 3.16. The van der Waals surface area contributed by atoms with E-state index in [1.54, 1.807) is 37.3 Å². The minimum atomic E-state index is -0.627. The van der Waals surface area contributed by atoms with Gasteiger partial charge < -0.3 is 19.4 Å². The summed E-state index contributed by atoms with van der Waals surface area (Å²) >= 11 is 0. The molecule has 0 saturated heterocycles. The van der Waals surface area contributed by atoms with Crippen molar-refractivity contribution in [2.24, 2.45) is 0 Å². The third-order valence-electron chi connectivity index (χ3n) is 4.26. The summed E-state index contributed by atoms with van der Waals surface area (Å²) in [5.74, 6) is 2.08. The van der Waals surface area contributed by atoms with E-state index in [1.165, 1.54) is 0 Å². The summed E-state index contributed by atoms with van der Waals surface area (Å²) in [6, 6.07) is 23.6. The van der Waals surface area contributed by atoms with Crippen molar-refractivity contribution in [3.63, 3.8) is 0 Å². The van der Waals surface area contributed by atoms with Crippen molar-refractivity contribution < 1.29 is 14.3 Å². The molecule has 4 aromatic rings. The number of anilines is 1. The fourth-order valence-electron chi connectivity index (χ4n) is 2.72. The van der Waals surface area contributed by atoms with Crippen molar-refractivity contribution in [1.29, 1.82) is 0 Å². The number of hydrogen-bond acceptors (Lipinski definition) is 5. The maximum Gasteiger partial charge on any atom is 0.265 e. The first kappa shape index (κ1) is 19.2. The Balaban J connectivity index is 1.33. The third kappa shape index (κ3) is 4.82. The van der Waals surface area contributed by atoms with Crippen molar-refractivity contribution >= 4 is 11.6 Å². The van der Waals surface area contributed by atoms with Crippen molar-refractivity contribution in [1.82, 2.24) is 14.8 Å². The van der Waals surface area contributed by atoms with Gasteiger partial charge in [-0.2, -0.15) is 0 Å². The molecule has 1 amide bonds. The smallest absolute Gasteiger partial charge is 0.265 e. The number of rotatable bonds is 7. The maximum atomic E-state index is 12.3. The molecule has 4 rings (SSSR count). The van der Waals surface area contributed by atoms with Crippen LogP contribution in [-0.4, -0.2) is 26.8 Å². The van der Waals surface area contributed by atoms with E-state index in [2.05, 4.69) is 15.5 Å². The van der Waals surface area contributed by atoms with E-state index in [0.29, 0.717) is 28.9 Å². The number of ether oxygens (including phenoxy) is 2. The Morgan fingerprint density at radius 2 is 1.60 bits per heavy atom. The van der Waals surface area contributed by atoms with E-state index in [0.717, 1.165) is 0 Å². The highest BCUT2D eigenvalue weighted by Crippen LogP contribution is 2.22. The zero-order valence-electron chi connectivity index (χ0n) is 16.3. The van der Waals surface area contributed by atoms with Crippen LogP contribution in [0.2, 0.25) is 0 Å². The summed E-state index contributed by atoms with van der Waals surface area (Å²) in [6.45, 7) is 1.70. The molecule has 0 fully saturated rings. The van der Waals surface area contributed by atoms with Crippen molar-refractivity contribution in [3.05, 3.63) is 91.3 Å². The first-order valence-corrected chi connectivity index (χ1v) is 9.45. The predicted octanol–water partition coefficient (Wildman–Crippen LogP) is 4.47. The van der Waals surface area contributed by atoms with E-state index >= 15 is 0 Å². The van der Waals surface area contributed by atoms with Gasteiger partial charge in [-0.1, -0.05) is 18.2 Å². The van der Waals surface area contributed by atoms with E-state index in [4.69, 9.17) is 9.47 Å². The number of carbonyl (C=O) groups excluding carboxylic acids is 1. The Kier molecular flexibility index (Phi) is 5.70. The van der Waals surface area contributed by atoms with Gasteiger partial charge in [0.1, 0.15) is 11.5 Å². The fourth-order valence-corrected chi connectivity index (χ4v) is 2.72. The lowest BCUT2D eigenvalue weighted by Gasteiger charge is -2.15. The number of benzene rings is 2. The summed E-state index contributed by atoms with van der Waals surface area (Å²) in [5, 5.41) is 11.1. The lowest BCUT2D eigenvalue weighted by molar-refractivity contribution is -0.122. The SMILES string of the molecule is CC(Oc1ccccc1)C(=O)Nc1ccc(Oc2ccc(-n3cccc3)nn2)cc1. The summed E-state index contributed by atoms with van der Waals surface area (Å²) < 4.78 is 13.2. The van der Waals surface area contributed by atoms with Gasteiger partial charge in [0.2, 0.25) is 5.88 Å². The molecule has 0 spiro atoms. The third-order valence-corrected chi connectivity index (χ3v) is 4.26. The van der Waals surface area contributed by atoms with E-state index in [9.17, 15) is 4.79 Å². The Morgan fingerprint density at radius 1 is 0.867 bits per heavy atom. The normalized spacial score (nSPS) is 11.5. The Bertz CT molecular complexity index is 1080. The standard InChI is InChI=1S/C23H20N4O3/c1-17(29-19-7-3-2-4-8-19)23(28)24-18-9-11-20(12-10-18)30-22-14-13-21(25-26-22)27-15-5-6-16-27/h2-17H,1H3,(H,24,28). The van der Waals surface area contributed by atoms with Gasteiger partial charge in [0.15, 0.2) is 11.9 Å². The minimum Gasteiger partial charge on any atom is -0.481 e. The highest BCUT2D eigenvalue weighted by atomic mass is 16.5. The van der Waals surface area contributed by atoms with Gasteiger partial charge in [-0.3, -0.25) is 4.79 Å². The number of para-hydroxylation sites is 1. The quantitative estimate of drug-likeness (QED) is 0.495. The number of carbonyl (C=O) groups is 1. The van der Waals surface area contributed by atoms with Crippen LogP contribution >= 0.6 is 0 Å². The number of aromatic nitrogens is 3. The van der Waals surface area contributed by atoms with Crippen molar-refractivity contribution in [3.8, 4) is 23.2 Å². The Hall–Kier alpha value is -4.13. The molecule has 1 N–H and O–H groups in total. The van der Waals surface area contributed by atoms with Crippen molar-refractivity contribution in [2.75, 3.05) is 5.32 Å². The second kappa shape index (κ2) is 8.91. The second-order valence-electron chi connectivity index (χ2n) is 6.51. The molecule has 0 aliphatic rings. The van der Waals surface area contributed by atoms with Gasteiger partial charge in [-0.25, -0.2) is 0 Å². The van der Waals surface area contributed by atoms with Crippen LogP contribution in [-0.2, 0) is 4.79 Å². The number of nitrogens with zero attached hydrogens (tertiary/aromatic N) is 3. The van der Waals surface area contributed by atoms with Crippen LogP contribution in [0.4, 0.5) is 5.69 Å². The molecule has 1 unspecified atom stereocenters. The topological polar surface area (TPSA) is 78.3 Å². The molecular weight excluding hydrogens is 380 g/mol. The molecule has 30 heavy (non-hydrogen) atoms. The lowest BCUT2D eigenvalue weighted by atomic mass is 10.2. The summed E-state index contributed by atoms with van der Waals surface area (Å²) in [5.41, 5.74) is 0.643. The van der Waals surface area contributed by atoms with E-state index < -0.39 is 6.10 Å². The van der Waals surface area contributed by atoms with Crippen LogP contribution in [0.15, 0.2) is 91.3 Å². The van der Waals surface area contributed by atoms with Crippen LogP contribution in [0.3, 0.4) is 0 Å². The number of amides is 1. The van der Waals surface area contributed by atoms with Gasteiger partial charge >= 0.3 is 0 Å². The summed E-state index contributed by atoms with van der Waals surface area (Å²) in [4.78, 5) is 12.3. The molecule has 7 nitrogen and oxygen atoms in total. The Labute approximate surface area is 173 Å². The van der Waals surface area contributed by atoms with Gasteiger partial charge in [-0.15, -0.1) is 10.2 Å². The first-order chi connectivity index (χ1) is 14.7. The van der Waals surface area contributed by atoms with Gasteiger partial charge in [-0.05, 0) is 61.5 Å². The van der Waals surface area contributed by atoms with Crippen LogP contribution in [0.25, 0.3) is 5.82 Å². The van der Waals surface area contributed by atoms with E-state index in [1.807, 2.05) is 65.5 Å². The average Bonchev–Trinajstić information content (AvgIpc) is 3.31. The Morgan fingerprint density at radius 3 is 2.27 bits per heavy atom. The molecule has 1 atom stereocenters. The van der Waals surface area contributed by atoms with Crippen LogP contribution < -0.4 is 14.8 Å². The molecule has 0 aliphatic heterocycles. The van der Waals surface area contributed by atoms with E-state index in [-0.39, 0.29) is 5.91 Å².